The van der Waals surface area contributed by atoms with Crippen molar-refractivity contribution in [2.45, 2.75) is 44.0 Å². The number of amides is 2. The molecule has 11 heteroatoms. The fourth-order valence-corrected chi connectivity index (χ4v) is 4.55. The first-order valence-electron chi connectivity index (χ1n) is 11.2. The van der Waals surface area contributed by atoms with Gasteiger partial charge >= 0.3 is 12.2 Å². The summed E-state index contributed by atoms with van der Waals surface area (Å²) in [6, 6.07) is 3.84. The number of β-amino-alcohol motifs (C(OH)–C–C–N with tert-alkyl or cyclic N) is 1. The van der Waals surface area contributed by atoms with E-state index in [4.69, 9.17) is 0 Å². The number of aromatic nitrogens is 3. The van der Waals surface area contributed by atoms with Crippen molar-refractivity contribution in [1.29, 1.82) is 0 Å². The largest absolute Gasteiger partial charge is 0.433 e. The number of carbonyl (C=O) groups is 1. The molecule has 2 amide bonds. The van der Waals surface area contributed by atoms with Crippen LogP contribution in [-0.2, 0) is 26.2 Å². The molecule has 4 rings (SSSR count). The lowest BCUT2D eigenvalue weighted by Crippen LogP contribution is -2.43. The van der Waals surface area contributed by atoms with E-state index in [1.54, 1.807) is 15.6 Å². The van der Waals surface area contributed by atoms with E-state index in [1.807, 2.05) is 18.1 Å². The van der Waals surface area contributed by atoms with E-state index in [9.17, 15) is 23.1 Å². The van der Waals surface area contributed by atoms with E-state index in [0.29, 0.717) is 57.8 Å². The maximum absolute atomic E-state index is 12.9. The lowest BCUT2D eigenvalue weighted by atomic mass is 10.0. The highest BCUT2D eigenvalue weighted by Gasteiger charge is 2.34. The smallest absolute Gasteiger partial charge is 0.392 e. The lowest BCUT2D eigenvalue weighted by molar-refractivity contribution is -0.141. The molecule has 1 fully saturated rings. The normalized spacial score (nSPS) is 20.0. The Morgan fingerprint density at radius 2 is 2.15 bits per heavy atom. The van der Waals surface area contributed by atoms with E-state index in [-0.39, 0.29) is 11.9 Å². The van der Waals surface area contributed by atoms with Gasteiger partial charge in [0.2, 0.25) is 0 Å². The van der Waals surface area contributed by atoms with Crippen LogP contribution in [0.25, 0.3) is 0 Å². The number of hydrogen-bond acceptors (Lipinski definition) is 5. The average Bonchev–Trinajstić information content (AvgIpc) is 3.38. The van der Waals surface area contributed by atoms with Crippen molar-refractivity contribution in [3.63, 3.8) is 0 Å². The Bertz CT molecular complexity index is 979. The number of pyridine rings is 1. The van der Waals surface area contributed by atoms with E-state index < -0.39 is 18.0 Å². The molecule has 2 aliphatic heterocycles. The number of carbonyl (C=O) groups excluding carboxylic acids is 1. The van der Waals surface area contributed by atoms with Crippen LogP contribution in [0.4, 0.5) is 18.0 Å². The highest BCUT2D eigenvalue weighted by atomic mass is 19.4. The van der Waals surface area contributed by atoms with Crippen LogP contribution in [0.2, 0.25) is 0 Å². The number of urea groups is 1. The minimum atomic E-state index is -4.45. The standard InChI is InChI=1S/C22H29F3N6O2/c1-29-11-16-13-31(10-7-19(16)28-29)21(33)26-8-5-17(32)14-30-9-6-15(12-30)18-3-2-4-20(27-18)22(23,24)25/h2-4,11,15,17,32H,5-10,12-14H2,1H3,(H,26,33)/t15?,17-/m1/s1. The summed E-state index contributed by atoms with van der Waals surface area (Å²) in [5.41, 5.74) is 1.65. The number of hydrogen-bond donors (Lipinski definition) is 2. The molecule has 2 atom stereocenters. The molecular weight excluding hydrogens is 437 g/mol. The number of halogens is 3. The van der Waals surface area contributed by atoms with Gasteiger partial charge in [0.05, 0.1) is 18.3 Å². The van der Waals surface area contributed by atoms with Crippen LogP contribution in [0.1, 0.15) is 41.4 Å². The van der Waals surface area contributed by atoms with Gasteiger partial charge in [0, 0.05) is 63.0 Å². The molecule has 0 aromatic carbocycles. The summed E-state index contributed by atoms with van der Waals surface area (Å²) in [5.74, 6) is -0.0873. The third kappa shape index (κ3) is 5.83. The monoisotopic (exact) mass is 466 g/mol. The first-order valence-corrected chi connectivity index (χ1v) is 11.2. The number of nitrogens with one attached hydrogen (secondary N) is 1. The third-order valence-corrected chi connectivity index (χ3v) is 6.23. The van der Waals surface area contributed by atoms with Crippen LogP contribution < -0.4 is 5.32 Å². The Labute approximate surface area is 190 Å². The second-order valence-electron chi connectivity index (χ2n) is 8.81. The van der Waals surface area contributed by atoms with Crippen molar-refractivity contribution >= 4 is 6.03 Å². The van der Waals surface area contributed by atoms with Crippen molar-refractivity contribution in [3.8, 4) is 0 Å². The van der Waals surface area contributed by atoms with Gasteiger partial charge in [-0.15, -0.1) is 0 Å². The lowest BCUT2D eigenvalue weighted by Gasteiger charge is -2.27. The van der Waals surface area contributed by atoms with E-state index >= 15 is 0 Å². The quantitative estimate of drug-likeness (QED) is 0.682. The van der Waals surface area contributed by atoms with Gasteiger partial charge < -0.3 is 20.2 Å². The van der Waals surface area contributed by atoms with Gasteiger partial charge in [-0.25, -0.2) is 9.78 Å². The molecule has 0 aliphatic carbocycles. The SMILES string of the molecule is Cn1cc2c(n1)CCN(C(=O)NCC[C@@H](O)CN1CCC(c3cccc(C(F)(F)F)n3)C1)C2. The molecule has 180 valence electrons. The summed E-state index contributed by atoms with van der Waals surface area (Å²) in [6.07, 6.45) is -1.34. The summed E-state index contributed by atoms with van der Waals surface area (Å²) in [7, 11) is 1.86. The number of rotatable bonds is 6. The van der Waals surface area contributed by atoms with Crippen LogP contribution >= 0.6 is 0 Å². The topological polar surface area (TPSA) is 86.5 Å². The second-order valence-corrected chi connectivity index (χ2v) is 8.81. The molecular formula is C22H29F3N6O2. The summed E-state index contributed by atoms with van der Waals surface area (Å²) in [5, 5.41) is 17.6. The molecule has 2 aromatic rings. The van der Waals surface area contributed by atoms with Gasteiger partial charge in [-0.05, 0) is 31.5 Å². The molecule has 2 aromatic heterocycles. The molecule has 1 saturated heterocycles. The number of aliphatic hydroxyl groups is 1. The Morgan fingerprint density at radius 1 is 1.33 bits per heavy atom. The van der Waals surface area contributed by atoms with Gasteiger partial charge in [0.15, 0.2) is 0 Å². The van der Waals surface area contributed by atoms with Crippen LogP contribution in [0.5, 0.6) is 0 Å². The van der Waals surface area contributed by atoms with Gasteiger partial charge in [0.1, 0.15) is 5.69 Å². The van der Waals surface area contributed by atoms with Gasteiger partial charge in [0.25, 0.3) is 0 Å². The molecule has 0 radical (unpaired) electrons. The zero-order valence-corrected chi connectivity index (χ0v) is 18.6. The van der Waals surface area contributed by atoms with Gasteiger partial charge in [-0.2, -0.15) is 18.3 Å². The van der Waals surface area contributed by atoms with Crippen molar-refractivity contribution in [3.05, 3.63) is 47.0 Å². The molecule has 4 heterocycles. The molecule has 33 heavy (non-hydrogen) atoms. The molecule has 2 aliphatic rings. The van der Waals surface area contributed by atoms with Crippen molar-refractivity contribution in [2.24, 2.45) is 7.05 Å². The maximum Gasteiger partial charge on any atom is 0.433 e. The van der Waals surface area contributed by atoms with Crippen LogP contribution in [0.3, 0.4) is 0 Å². The van der Waals surface area contributed by atoms with Gasteiger partial charge in [-0.1, -0.05) is 6.07 Å². The second kappa shape index (κ2) is 9.68. The van der Waals surface area contributed by atoms with Crippen LogP contribution in [0.15, 0.2) is 24.4 Å². The molecule has 0 bridgehead atoms. The highest BCUT2D eigenvalue weighted by Crippen LogP contribution is 2.31. The third-order valence-electron chi connectivity index (χ3n) is 6.23. The van der Waals surface area contributed by atoms with E-state index in [2.05, 4.69) is 15.4 Å². The summed E-state index contributed by atoms with van der Waals surface area (Å²) in [4.78, 5) is 20.0. The molecule has 0 spiro atoms. The zero-order valence-electron chi connectivity index (χ0n) is 18.6. The first kappa shape index (κ1) is 23.5. The van der Waals surface area contributed by atoms with Crippen molar-refractivity contribution in [2.75, 3.05) is 32.7 Å². The summed E-state index contributed by atoms with van der Waals surface area (Å²) in [6.45, 7) is 3.14. The Kier molecular flexibility index (Phi) is 6.89. The summed E-state index contributed by atoms with van der Waals surface area (Å²) >= 11 is 0. The number of fused-ring (bicyclic) bond motifs is 1. The minimum absolute atomic E-state index is 0.0873. The Hall–Kier alpha value is -2.66. The predicted octanol–water partition coefficient (Wildman–Crippen LogP) is 2.14. The van der Waals surface area contributed by atoms with Gasteiger partial charge in [-0.3, -0.25) is 4.68 Å². The maximum atomic E-state index is 12.9. The van der Waals surface area contributed by atoms with Crippen LogP contribution in [-0.4, -0.2) is 74.5 Å². The number of alkyl halides is 3. The summed E-state index contributed by atoms with van der Waals surface area (Å²) < 4.78 is 40.5. The highest BCUT2D eigenvalue weighted by molar-refractivity contribution is 5.74. The number of nitrogens with zero attached hydrogens (tertiary/aromatic N) is 5. The predicted molar refractivity (Wildman–Crippen MR) is 114 cm³/mol. The van der Waals surface area contributed by atoms with Crippen molar-refractivity contribution < 1.29 is 23.1 Å². The number of likely N-dealkylation sites (tertiary alicyclic amines) is 1. The first-order chi connectivity index (χ1) is 15.7. The van der Waals surface area contributed by atoms with Crippen LogP contribution in [0, 0.1) is 0 Å². The fourth-order valence-electron chi connectivity index (χ4n) is 4.55. The average molecular weight is 467 g/mol. The Morgan fingerprint density at radius 3 is 2.94 bits per heavy atom. The molecule has 2 N–H and O–H groups in total. The molecule has 0 saturated carbocycles. The molecule has 8 nitrogen and oxygen atoms in total. The van der Waals surface area contributed by atoms with E-state index in [1.165, 1.54) is 6.07 Å². The minimum Gasteiger partial charge on any atom is -0.392 e. The Balaban J connectivity index is 1.19. The zero-order chi connectivity index (χ0) is 23.6. The van der Waals surface area contributed by atoms with Crippen molar-refractivity contribution in [1.82, 2.24) is 29.9 Å². The number of aliphatic hydroxyl groups excluding tert-OH is 1. The fraction of sp³-hybridized carbons (Fsp3) is 0.591. The molecule has 1 unspecified atom stereocenters. The van der Waals surface area contributed by atoms with E-state index in [0.717, 1.165) is 23.7 Å². The number of aryl methyl sites for hydroxylation is 1.